The van der Waals surface area contributed by atoms with Crippen molar-refractivity contribution in [2.45, 2.75) is 12.8 Å². The van der Waals surface area contributed by atoms with Crippen molar-refractivity contribution in [3.8, 4) is 0 Å². The van der Waals surface area contributed by atoms with Gasteiger partial charge in [0.2, 0.25) is 5.91 Å². The van der Waals surface area contributed by atoms with Crippen LogP contribution in [0.4, 0.5) is 5.69 Å². The molecular weight excluding hydrogens is 240 g/mol. The van der Waals surface area contributed by atoms with Gasteiger partial charge in [0.15, 0.2) is 0 Å². The highest BCUT2D eigenvalue weighted by molar-refractivity contribution is 5.78. The van der Waals surface area contributed by atoms with Gasteiger partial charge >= 0.3 is 0 Å². The van der Waals surface area contributed by atoms with Crippen LogP contribution in [0.1, 0.15) is 11.1 Å². The molecule has 1 aromatic heterocycles. The third-order valence-corrected chi connectivity index (χ3v) is 2.84. The van der Waals surface area contributed by atoms with Crippen molar-refractivity contribution >= 4 is 11.6 Å². The van der Waals surface area contributed by atoms with Crippen molar-refractivity contribution in [1.82, 2.24) is 15.1 Å². The molecule has 19 heavy (non-hydrogen) atoms. The lowest BCUT2D eigenvalue weighted by Crippen LogP contribution is -2.27. The summed E-state index contributed by atoms with van der Waals surface area (Å²) >= 11 is 0. The molecule has 0 fully saturated rings. The van der Waals surface area contributed by atoms with Gasteiger partial charge in [0.25, 0.3) is 0 Å². The first-order valence-corrected chi connectivity index (χ1v) is 6.22. The van der Waals surface area contributed by atoms with Gasteiger partial charge in [0, 0.05) is 25.5 Å². The first-order chi connectivity index (χ1) is 9.13. The maximum atomic E-state index is 11.7. The monoisotopic (exact) mass is 258 g/mol. The lowest BCUT2D eigenvalue weighted by atomic mass is 10.1. The van der Waals surface area contributed by atoms with Crippen LogP contribution in [0.15, 0.2) is 36.7 Å². The van der Waals surface area contributed by atoms with Crippen molar-refractivity contribution in [3.63, 3.8) is 0 Å². The summed E-state index contributed by atoms with van der Waals surface area (Å²) in [4.78, 5) is 11.7. The van der Waals surface area contributed by atoms with Gasteiger partial charge in [-0.05, 0) is 29.7 Å². The topological polar surface area (TPSA) is 72.9 Å². The molecule has 2 rings (SSSR count). The molecule has 3 N–H and O–H groups in total. The number of nitrogens with one attached hydrogen (secondary N) is 1. The highest BCUT2D eigenvalue weighted by atomic mass is 16.1. The van der Waals surface area contributed by atoms with E-state index in [1.807, 2.05) is 37.5 Å². The van der Waals surface area contributed by atoms with E-state index in [-0.39, 0.29) is 5.91 Å². The summed E-state index contributed by atoms with van der Waals surface area (Å²) < 4.78 is 1.69. The summed E-state index contributed by atoms with van der Waals surface area (Å²) in [6.07, 6.45) is 4.73. The summed E-state index contributed by atoms with van der Waals surface area (Å²) in [5, 5.41) is 6.93. The Bertz CT molecular complexity index is 545. The average molecular weight is 258 g/mol. The molecule has 0 aliphatic rings. The van der Waals surface area contributed by atoms with Crippen LogP contribution in [0.2, 0.25) is 0 Å². The molecule has 1 heterocycles. The number of hydrogen-bond acceptors (Lipinski definition) is 3. The highest BCUT2D eigenvalue weighted by Crippen LogP contribution is 2.05. The normalized spacial score (nSPS) is 10.4. The van der Waals surface area contributed by atoms with Crippen LogP contribution in [-0.2, 0) is 24.7 Å². The predicted octanol–water partition coefficient (Wildman–Crippen LogP) is 0.904. The van der Waals surface area contributed by atoms with Gasteiger partial charge in [-0.1, -0.05) is 12.1 Å². The number of nitrogens with zero attached hydrogens (tertiary/aromatic N) is 2. The Labute approximate surface area is 112 Å². The van der Waals surface area contributed by atoms with Gasteiger partial charge in [0.05, 0.1) is 12.6 Å². The second kappa shape index (κ2) is 6.04. The summed E-state index contributed by atoms with van der Waals surface area (Å²) in [5.41, 5.74) is 8.45. The van der Waals surface area contributed by atoms with Crippen molar-refractivity contribution < 1.29 is 4.79 Å². The predicted molar refractivity (Wildman–Crippen MR) is 74.5 cm³/mol. The summed E-state index contributed by atoms with van der Waals surface area (Å²) in [6, 6.07) is 7.69. The van der Waals surface area contributed by atoms with E-state index in [2.05, 4.69) is 10.4 Å². The fourth-order valence-corrected chi connectivity index (χ4v) is 1.84. The molecule has 2 aromatic rings. The van der Waals surface area contributed by atoms with Crippen LogP contribution in [0.3, 0.4) is 0 Å². The quantitative estimate of drug-likeness (QED) is 0.783. The Morgan fingerprint density at radius 3 is 2.68 bits per heavy atom. The number of rotatable bonds is 5. The molecule has 0 unspecified atom stereocenters. The van der Waals surface area contributed by atoms with Crippen LogP contribution in [0, 0.1) is 0 Å². The lowest BCUT2D eigenvalue weighted by molar-refractivity contribution is -0.120. The van der Waals surface area contributed by atoms with Crippen molar-refractivity contribution in [2.75, 3.05) is 12.3 Å². The van der Waals surface area contributed by atoms with E-state index in [0.29, 0.717) is 13.0 Å². The third kappa shape index (κ3) is 4.13. The Morgan fingerprint density at radius 1 is 1.32 bits per heavy atom. The molecule has 1 aromatic carbocycles. The number of hydrogen-bond donors (Lipinski definition) is 2. The Balaban J connectivity index is 1.73. The number of nitrogen functional groups attached to an aromatic ring is 1. The fraction of sp³-hybridized carbons (Fsp3) is 0.286. The van der Waals surface area contributed by atoms with Crippen LogP contribution in [-0.4, -0.2) is 22.2 Å². The average Bonchev–Trinajstić information content (AvgIpc) is 2.77. The van der Waals surface area contributed by atoms with Crippen molar-refractivity contribution in [1.29, 1.82) is 0 Å². The molecule has 0 radical (unpaired) electrons. The van der Waals surface area contributed by atoms with Gasteiger partial charge in [0.1, 0.15) is 0 Å². The van der Waals surface area contributed by atoms with E-state index in [4.69, 9.17) is 5.73 Å². The smallest absolute Gasteiger partial charge is 0.224 e. The molecule has 5 heteroatoms. The van der Waals surface area contributed by atoms with Crippen LogP contribution < -0.4 is 11.1 Å². The fourth-order valence-electron chi connectivity index (χ4n) is 1.84. The first kappa shape index (κ1) is 13.1. The number of nitrogens with two attached hydrogens (primary N) is 1. The Kier molecular flexibility index (Phi) is 4.18. The second-order valence-electron chi connectivity index (χ2n) is 4.54. The molecule has 0 aliphatic carbocycles. The van der Waals surface area contributed by atoms with E-state index < -0.39 is 0 Å². The molecule has 0 saturated heterocycles. The molecular formula is C14H18N4O. The zero-order valence-corrected chi connectivity index (χ0v) is 11.0. The molecule has 0 atom stereocenters. The number of carbonyl (C=O) groups is 1. The molecule has 0 bridgehead atoms. The minimum Gasteiger partial charge on any atom is -0.399 e. The zero-order chi connectivity index (χ0) is 13.7. The molecule has 5 nitrogen and oxygen atoms in total. The van der Waals surface area contributed by atoms with E-state index in [1.54, 1.807) is 10.9 Å². The number of aryl methyl sites for hydroxylation is 1. The number of carbonyl (C=O) groups excluding carboxylic acids is 1. The van der Waals surface area contributed by atoms with Gasteiger partial charge < -0.3 is 11.1 Å². The maximum absolute atomic E-state index is 11.7. The Morgan fingerprint density at radius 2 is 2.05 bits per heavy atom. The summed E-state index contributed by atoms with van der Waals surface area (Å²) in [7, 11) is 1.84. The molecule has 100 valence electrons. The van der Waals surface area contributed by atoms with E-state index in [1.165, 1.54) is 0 Å². The van der Waals surface area contributed by atoms with Gasteiger partial charge in [-0.15, -0.1) is 0 Å². The maximum Gasteiger partial charge on any atom is 0.224 e. The highest BCUT2D eigenvalue weighted by Gasteiger charge is 2.04. The van der Waals surface area contributed by atoms with Gasteiger partial charge in [-0.3, -0.25) is 9.48 Å². The van der Waals surface area contributed by atoms with E-state index >= 15 is 0 Å². The molecule has 0 spiro atoms. The number of anilines is 1. The second-order valence-corrected chi connectivity index (χ2v) is 4.54. The molecule has 0 aliphatic heterocycles. The van der Waals surface area contributed by atoms with E-state index in [9.17, 15) is 4.79 Å². The number of aromatic nitrogens is 2. The standard InChI is InChI=1S/C14H18N4O/c1-18-10-12(9-17-18)8-14(19)16-7-6-11-2-4-13(15)5-3-11/h2-5,9-10H,6-8,15H2,1H3,(H,16,19). The largest absolute Gasteiger partial charge is 0.399 e. The Hall–Kier alpha value is -2.30. The van der Waals surface area contributed by atoms with Gasteiger partial charge in [-0.25, -0.2) is 0 Å². The zero-order valence-electron chi connectivity index (χ0n) is 11.0. The van der Waals surface area contributed by atoms with Crippen LogP contribution >= 0.6 is 0 Å². The SMILES string of the molecule is Cn1cc(CC(=O)NCCc2ccc(N)cc2)cn1. The van der Waals surface area contributed by atoms with Gasteiger partial charge in [-0.2, -0.15) is 5.10 Å². The number of amides is 1. The van der Waals surface area contributed by atoms with Crippen molar-refractivity contribution in [3.05, 3.63) is 47.8 Å². The van der Waals surface area contributed by atoms with Crippen LogP contribution in [0.5, 0.6) is 0 Å². The molecule has 0 saturated carbocycles. The van der Waals surface area contributed by atoms with Crippen molar-refractivity contribution in [2.24, 2.45) is 7.05 Å². The minimum absolute atomic E-state index is 0.0171. The molecule has 1 amide bonds. The minimum atomic E-state index is 0.0171. The lowest BCUT2D eigenvalue weighted by Gasteiger charge is -2.05. The number of benzene rings is 1. The summed E-state index contributed by atoms with van der Waals surface area (Å²) in [6.45, 7) is 0.628. The third-order valence-electron chi connectivity index (χ3n) is 2.84. The van der Waals surface area contributed by atoms with Crippen LogP contribution in [0.25, 0.3) is 0 Å². The van der Waals surface area contributed by atoms with E-state index in [0.717, 1.165) is 23.2 Å². The summed E-state index contributed by atoms with van der Waals surface area (Å²) in [5.74, 6) is 0.0171. The first-order valence-electron chi connectivity index (χ1n) is 6.22.